The molecule has 1 atom stereocenters. The van der Waals surface area contributed by atoms with E-state index in [2.05, 4.69) is 10.2 Å². The van der Waals surface area contributed by atoms with E-state index in [1.807, 2.05) is 0 Å². The van der Waals surface area contributed by atoms with E-state index in [9.17, 15) is 22.8 Å². The average Bonchev–Trinajstić information content (AvgIpc) is 3.24. The summed E-state index contributed by atoms with van der Waals surface area (Å²) in [4.78, 5) is 25.3. The van der Waals surface area contributed by atoms with E-state index in [0.29, 0.717) is 31.0 Å². The van der Waals surface area contributed by atoms with Gasteiger partial charge >= 0.3 is 11.8 Å². The van der Waals surface area contributed by atoms with Crippen LogP contribution in [-0.4, -0.2) is 34.1 Å². The third-order valence-corrected chi connectivity index (χ3v) is 4.91. The molecule has 156 valence electrons. The van der Waals surface area contributed by atoms with Crippen LogP contribution in [0.2, 0.25) is 0 Å². The topological polar surface area (TPSA) is 89.4 Å². The maximum Gasteiger partial charge on any atom is 0.416 e. The van der Waals surface area contributed by atoms with Crippen LogP contribution in [0.15, 0.2) is 56.3 Å². The molecule has 0 N–H and O–H groups in total. The molecule has 7 nitrogen and oxygen atoms in total. The van der Waals surface area contributed by atoms with Crippen LogP contribution in [0.3, 0.4) is 0 Å². The Morgan fingerprint density at radius 2 is 1.87 bits per heavy atom. The molecule has 2 aromatic heterocycles. The molecule has 1 saturated heterocycles. The first-order chi connectivity index (χ1) is 14.3. The van der Waals surface area contributed by atoms with Crippen molar-refractivity contribution in [3.05, 3.63) is 70.1 Å². The molecule has 1 aliphatic rings. The molecule has 1 unspecified atom stereocenters. The molecular formula is C20H16F3N3O4. The number of halogens is 3. The van der Waals surface area contributed by atoms with Gasteiger partial charge in [-0.2, -0.15) is 13.2 Å². The highest BCUT2D eigenvalue weighted by molar-refractivity contribution is 5.93. The predicted octanol–water partition coefficient (Wildman–Crippen LogP) is 3.73. The highest BCUT2D eigenvalue weighted by Crippen LogP contribution is 2.32. The normalized spacial score (nSPS) is 17.2. The van der Waals surface area contributed by atoms with Crippen LogP contribution < -0.4 is 5.63 Å². The molecule has 0 aliphatic carbocycles. The van der Waals surface area contributed by atoms with Crippen LogP contribution in [0, 0.1) is 0 Å². The van der Waals surface area contributed by atoms with E-state index in [1.165, 1.54) is 24.3 Å². The van der Waals surface area contributed by atoms with Gasteiger partial charge in [-0.3, -0.25) is 4.79 Å². The second kappa shape index (κ2) is 7.77. The number of alkyl halides is 3. The van der Waals surface area contributed by atoms with E-state index in [0.717, 1.165) is 24.8 Å². The fraction of sp³-hybridized carbons (Fsp3) is 0.300. The Bertz CT molecular complexity index is 1080. The quantitative estimate of drug-likeness (QED) is 0.643. The van der Waals surface area contributed by atoms with Gasteiger partial charge in [-0.1, -0.05) is 0 Å². The van der Waals surface area contributed by atoms with Gasteiger partial charge in [0.2, 0.25) is 11.8 Å². The molecule has 0 radical (unpaired) electrons. The van der Waals surface area contributed by atoms with Crippen LogP contribution >= 0.6 is 0 Å². The lowest BCUT2D eigenvalue weighted by Crippen LogP contribution is -2.39. The second-order valence-electron chi connectivity index (χ2n) is 6.95. The number of hydrogen-bond donors (Lipinski definition) is 0. The number of rotatable bonds is 3. The third-order valence-electron chi connectivity index (χ3n) is 4.91. The lowest BCUT2D eigenvalue weighted by molar-refractivity contribution is -0.137. The Morgan fingerprint density at radius 1 is 1.10 bits per heavy atom. The van der Waals surface area contributed by atoms with E-state index in [1.54, 1.807) is 4.90 Å². The van der Waals surface area contributed by atoms with Crippen molar-refractivity contribution in [2.75, 3.05) is 13.1 Å². The first-order valence-corrected chi connectivity index (χ1v) is 9.20. The van der Waals surface area contributed by atoms with Gasteiger partial charge in [-0.15, -0.1) is 10.2 Å². The van der Waals surface area contributed by atoms with Gasteiger partial charge < -0.3 is 13.7 Å². The number of hydrogen-bond acceptors (Lipinski definition) is 6. The number of benzene rings is 1. The van der Waals surface area contributed by atoms with Crippen molar-refractivity contribution < 1.29 is 26.8 Å². The Balaban J connectivity index is 1.48. The Kier molecular flexibility index (Phi) is 5.15. The van der Waals surface area contributed by atoms with E-state index in [4.69, 9.17) is 8.83 Å². The lowest BCUT2D eigenvalue weighted by atomic mass is 9.97. The molecule has 3 heterocycles. The standard InChI is InChI=1S/C20H16F3N3O4/c21-20(22,23)15-6-3-12(4-7-15)17-24-25-18(30-17)13-2-1-9-26(10-13)19(28)14-5-8-16(27)29-11-14/h3-8,11,13H,1-2,9-10H2. The van der Waals surface area contributed by atoms with E-state index < -0.39 is 17.4 Å². The first kappa shape index (κ1) is 19.9. The van der Waals surface area contributed by atoms with Crippen LogP contribution in [0.5, 0.6) is 0 Å². The number of aromatic nitrogens is 2. The van der Waals surface area contributed by atoms with Gasteiger partial charge in [0.15, 0.2) is 0 Å². The van der Waals surface area contributed by atoms with Gasteiger partial charge in [0.05, 0.1) is 17.0 Å². The molecule has 10 heteroatoms. The Labute approximate surface area is 168 Å². The molecule has 1 aromatic carbocycles. The second-order valence-corrected chi connectivity index (χ2v) is 6.95. The summed E-state index contributed by atoms with van der Waals surface area (Å²) in [5.41, 5.74) is -0.648. The minimum absolute atomic E-state index is 0.118. The summed E-state index contributed by atoms with van der Waals surface area (Å²) in [6.07, 6.45) is -1.85. The van der Waals surface area contributed by atoms with E-state index >= 15 is 0 Å². The number of carbonyl (C=O) groups is 1. The van der Waals surface area contributed by atoms with Crippen molar-refractivity contribution in [2.24, 2.45) is 0 Å². The van der Waals surface area contributed by atoms with E-state index in [-0.39, 0.29) is 23.3 Å². The maximum absolute atomic E-state index is 12.7. The van der Waals surface area contributed by atoms with Crippen molar-refractivity contribution in [1.82, 2.24) is 15.1 Å². The van der Waals surface area contributed by atoms with Crippen molar-refractivity contribution in [3.8, 4) is 11.5 Å². The van der Waals surface area contributed by atoms with Gasteiger partial charge in [-0.05, 0) is 43.2 Å². The number of carbonyl (C=O) groups excluding carboxylic acids is 1. The van der Waals surface area contributed by atoms with Crippen LogP contribution in [0.4, 0.5) is 13.2 Å². The summed E-state index contributed by atoms with van der Waals surface area (Å²) in [6, 6.07) is 7.06. The zero-order chi connectivity index (χ0) is 21.3. The van der Waals surface area contributed by atoms with Crippen LogP contribution in [0.1, 0.15) is 40.6 Å². The lowest BCUT2D eigenvalue weighted by Gasteiger charge is -2.31. The van der Waals surface area contributed by atoms with Gasteiger partial charge in [0, 0.05) is 24.7 Å². The fourth-order valence-corrected chi connectivity index (χ4v) is 3.34. The molecule has 1 amide bonds. The Hall–Kier alpha value is -3.43. The molecule has 0 saturated carbocycles. The monoisotopic (exact) mass is 419 g/mol. The molecule has 1 aliphatic heterocycles. The van der Waals surface area contributed by atoms with Crippen molar-refractivity contribution >= 4 is 5.91 Å². The van der Waals surface area contributed by atoms with Crippen molar-refractivity contribution in [3.63, 3.8) is 0 Å². The van der Waals surface area contributed by atoms with Crippen molar-refractivity contribution in [1.29, 1.82) is 0 Å². The minimum Gasteiger partial charge on any atom is -0.430 e. The van der Waals surface area contributed by atoms with Crippen LogP contribution in [0.25, 0.3) is 11.5 Å². The Morgan fingerprint density at radius 3 is 2.53 bits per heavy atom. The molecule has 4 rings (SSSR count). The summed E-state index contributed by atoms with van der Waals surface area (Å²) in [5, 5.41) is 7.97. The smallest absolute Gasteiger partial charge is 0.416 e. The van der Waals surface area contributed by atoms with Gasteiger partial charge in [-0.25, -0.2) is 4.79 Å². The molecule has 3 aromatic rings. The zero-order valence-corrected chi connectivity index (χ0v) is 15.6. The number of piperidine rings is 1. The third kappa shape index (κ3) is 4.12. The van der Waals surface area contributed by atoms with Crippen molar-refractivity contribution in [2.45, 2.75) is 24.9 Å². The summed E-state index contributed by atoms with van der Waals surface area (Å²) >= 11 is 0. The molecule has 0 spiro atoms. The predicted molar refractivity (Wildman–Crippen MR) is 97.6 cm³/mol. The molecule has 1 fully saturated rings. The zero-order valence-electron chi connectivity index (χ0n) is 15.6. The summed E-state index contributed by atoms with van der Waals surface area (Å²) in [5.74, 6) is -0.0333. The fourth-order valence-electron chi connectivity index (χ4n) is 3.34. The number of likely N-dealkylation sites (tertiary alicyclic amines) is 1. The van der Waals surface area contributed by atoms with Gasteiger partial charge in [0.1, 0.15) is 6.26 Å². The highest BCUT2D eigenvalue weighted by Gasteiger charge is 2.31. The SMILES string of the molecule is O=C(c1ccc(=O)oc1)N1CCCC(c2nnc(-c3ccc(C(F)(F)F)cc3)o2)C1. The molecule has 30 heavy (non-hydrogen) atoms. The maximum atomic E-state index is 12.7. The average molecular weight is 419 g/mol. The highest BCUT2D eigenvalue weighted by atomic mass is 19.4. The van der Waals surface area contributed by atoms with Crippen LogP contribution in [-0.2, 0) is 6.18 Å². The molecular weight excluding hydrogens is 403 g/mol. The molecule has 0 bridgehead atoms. The largest absolute Gasteiger partial charge is 0.430 e. The number of nitrogens with zero attached hydrogens (tertiary/aromatic N) is 3. The minimum atomic E-state index is -4.42. The number of amides is 1. The van der Waals surface area contributed by atoms with Gasteiger partial charge in [0.25, 0.3) is 5.91 Å². The summed E-state index contributed by atoms with van der Waals surface area (Å²) in [6.45, 7) is 0.876. The summed E-state index contributed by atoms with van der Waals surface area (Å²) in [7, 11) is 0. The first-order valence-electron chi connectivity index (χ1n) is 9.20. The summed E-state index contributed by atoms with van der Waals surface area (Å²) < 4.78 is 48.6.